The van der Waals surface area contributed by atoms with Crippen molar-refractivity contribution in [2.24, 2.45) is 0 Å². The highest BCUT2D eigenvalue weighted by Gasteiger charge is 2.14. The number of rotatable bonds is 3. The number of hydrogen-bond acceptors (Lipinski definition) is 3. The number of nitrogens with zero attached hydrogens (tertiary/aromatic N) is 2. The van der Waals surface area contributed by atoms with E-state index in [0.29, 0.717) is 4.47 Å². The molecule has 0 aliphatic carbocycles. The molecule has 2 aromatic rings. The van der Waals surface area contributed by atoms with Crippen molar-refractivity contribution >= 4 is 21.6 Å². The lowest BCUT2D eigenvalue weighted by atomic mass is 10.2. The molecular weight excluding hydrogens is 319 g/mol. The minimum absolute atomic E-state index is 0.0559. The topological polar surface area (TPSA) is 65.1 Å². The van der Waals surface area contributed by atoms with Gasteiger partial charge in [0.05, 0.1) is 11.5 Å². The van der Waals surface area contributed by atoms with Crippen molar-refractivity contribution in [2.75, 3.05) is 0 Å². The second kappa shape index (κ2) is 5.31. The molecule has 1 aromatic carbocycles. The smallest absolute Gasteiger partial charge is 0.305 e. The number of pyridine rings is 1. The van der Waals surface area contributed by atoms with E-state index >= 15 is 0 Å². The maximum atomic E-state index is 13.6. The zero-order valence-electron chi connectivity index (χ0n) is 9.55. The standard InChI is InChI=1S/C12H8BrFN2O3/c13-9-4-3-8(10(14)6-9)7-15-5-1-2-11(12(15)17)16(18)19/h1-6H,7H2. The first kappa shape index (κ1) is 13.4. The van der Waals surface area contributed by atoms with Gasteiger partial charge in [-0.25, -0.2) is 4.39 Å². The largest absolute Gasteiger partial charge is 0.334 e. The molecule has 0 spiro atoms. The van der Waals surface area contributed by atoms with Crippen LogP contribution in [-0.2, 0) is 6.54 Å². The Morgan fingerprint density at radius 3 is 2.74 bits per heavy atom. The van der Waals surface area contributed by atoms with Crippen LogP contribution in [0.1, 0.15) is 5.56 Å². The van der Waals surface area contributed by atoms with Crippen LogP contribution in [0.2, 0.25) is 0 Å². The minimum atomic E-state index is -0.755. The fourth-order valence-corrected chi connectivity index (χ4v) is 1.95. The Hall–Kier alpha value is -2.02. The van der Waals surface area contributed by atoms with Gasteiger partial charge in [-0.3, -0.25) is 14.9 Å². The SMILES string of the molecule is O=c1c([N+](=O)[O-])cccn1Cc1ccc(Br)cc1F. The Balaban J connectivity index is 2.42. The van der Waals surface area contributed by atoms with E-state index in [1.807, 2.05) is 0 Å². The van der Waals surface area contributed by atoms with E-state index < -0.39 is 22.0 Å². The summed E-state index contributed by atoms with van der Waals surface area (Å²) < 4.78 is 15.3. The van der Waals surface area contributed by atoms with Gasteiger partial charge in [-0.1, -0.05) is 22.0 Å². The molecule has 0 saturated carbocycles. The first-order chi connectivity index (χ1) is 8.99. The lowest BCUT2D eigenvalue weighted by Crippen LogP contribution is -2.22. The zero-order chi connectivity index (χ0) is 14.0. The van der Waals surface area contributed by atoms with Gasteiger partial charge in [-0.05, 0) is 18.2 Å². The van der Waals surface area contributed by atoms with Gasteiger partial charge in [-0.15, -0.1) is 0 Å². The third-order valence-electron chi connectivity index (χ3n) is 2.55. The molecule has 0 N–H and O–H groups in total. The minimum Gasteiger partial charge on any atom is -0.305 e. The third kappa shape index (κ3) is 2.87. The summed E-state index contributed by atoms with van der Waals surface area (Å²) in [5.74, 6) is -0.479. The Morgan fingerprint density at radius 2 is 2.11 bits per heavy atom. The average Bonchev–Trinajstić information content (AvgIpc) is 2.34. The van der Waals surface area contributed by atoms with E-state index in [9.17, 15) is 19.3 Å². The van der Waals surface area contributed by atoms with E-state index in [4.69, 9.17) is 0 Å². The summed E-state index contributed by atoms with van der Waals surface area (Å²) in [5.41, 5.74) is -0.999. The molecule has 1 heterocycles. The van der Waals surface area contributed by atoms with Gasteiger partial charge < -0.3 is 4.57 Å². The van der Waals surface area contributed by atoms with Crippen molar-refractivity contribution in [3.8, 4) is 0 Å². The predicted octanol–water partition coefficient (Wildman–Crippen LogP) is 2.71. The van der Waals surface area contributed by atoms with Crippen molar-refractivity contribution in [3.05, 3.63) is 72.9 Å². The fourth-order valence-electron chi connectivity index (χ4n) is 1.62. The molecule has 5 nitrogen and oxygen atoms in total. The van der Waals surface area contributed by atoms with Gasteiger partial charge in [0.2, 0.25) is 0 Å². The van der Waals surface area contributed by atoms with Crippen LogP contribution in [0.3, 0.4) is 0 Å². The van der Waals surface area contributed by atoms with Gasteiger partial charge in [0, 0.05) is 22.3 Å². The Labute approximate surface area is 115 Å². The van der Waals surface area contributed by atoms with Crippen LogP contribution in [0.4, 0.5) is 10.1 Å². The summed E-state index contributed by atoms with van der Waals surface area (Å²) in [6.07, 6.45) is 1.39. The molecule has 0 saturated heterocycles. The van der Waals surface area contributed by atoms with Crippen LogP contribution in [0.5, 0.6) is 0 Å². The summed E-state index contributed by atoms with van der Waals surface area (Å²) in [5, 5.41) is 10.6. The number of nitro groups is 1. The lowest BCUT2D eigenvalue weighted by molar-refractivity contribution is -0.386. The summed E-state index contributed by atoms with van der Waals surface area (Å²) in [4.78, 5) is 21.7. The molecule has 0 bridgehead atoms. The summed E-state index contributed by atoms with van der Waals surface area (Å²) in [7, 11) is 0. The monoisotopic (exact) mass is 326 g/mol. The maximum Gasteiger partial charge on any atom is 0.334 e. The van der Waals surface area contributed by atoms with Crippen molar-refractivity contribution in [3.63, 3.8) is 0 Å². The van der Waals surface area contributed by atoms with E-state index in [-0.39, 0.29) is 12.1 Å². The van der Waals surface area contributed by atoms with Crippen molar-refractivity contribution in [2.45, 2.75) is 6.54 Å². The highest BCUT2D eigenvalue weighted by molar-refractivity contribution is 9.10. The first-order valence-corrected chi connectivity index (χ1v) is 6.06. The quantitative estimate of drug-likeness (QED) is 0.643. The third-order valence-corrected chi connectivity index (χ3v) is 3.05. The van der Waals surface area contributed by atoms with Crippen LogP contribution in [0.15, 0.2) is 45.8 Å². The number of benzene rings is 1. The molecule has 98 valence electrons. The number of hydrogen-bond donors (Lipinski definition) is 0. The predicted molar refractivity (Wildman–Crippen MR) is 70.6 cm³/mol. The summed E-state index contributed by atoms with van der Waals surface area (Å²) in [6.45, 7) is -0.0559. The molecule has 0 aliphatic heterocycles. The number of aromatic nitrogens is 1. The molecule has 2 rings (SSSR count). The lowest BCUT2D eigenvalue weighted by Gasteiger charge is -2.06. The highest BCUT2D eigenvalue weighted by atomic mass is 79.9. The van der Waals surface area contributed by atoms with E-state index in [0.717, 1.165) is 10.6 Å². The molecule has 0 fully saturated rings. The van der Waals surface area contributed by atoms with Crippen molar-refractivity contribution < 1.29 is 9.31 Å². The Kier molecular flexibility index (Phi) is 3.75. The molecular formula is C12H8BrFN2O3. The Bertz CT molecular complexity index is 700. The Morgan fingerprint density at radius 1 is 1.37 bits per heavy atom. The average molecular weight is 327 g/mol. The molecule has 0 radical (unpaired) electrons. The van der Waals surface area contributed by atoms with Crippen molar-refractivity contribution in [1.29, 1.82) is 0 Å². The zero-order valence-corrected chi connectivity index (χ0v) is 11.1. The maximum absolute atomic E-state index is 13.6. The van der Waals surface area contributed by atoms with E-state index in [1.165, 1.54) is 24.4 Å². The molecule has 0 unspecified atom stereocenters. The fraction of sp³-hybridized carbons (Fsp3) is 0.0833. The van der Waals surface area contributed by atoms with Gasteiger partial charge in [0.25, 0.3) is 0 Å². The van der Waals surface area contributed by atoms with Gasteiger partial charge >= 0.3 is 11.2 Å². The summed E-state index contributed by atoms with van der Waals surface area (Å²) >= 11 is 3.13. The van der Waals surface area contributed by atoms with Crippen molar-refractivity contribution in [1.82, 2.24) is 4.57 Å². The van der Waals surface area contributed by atoms with Crippen LogP contribution in [-0.4, -0.2) is 9.49 Å². The normalized spacial score (nSPS) is 10.4. The second-order valence-corrected chi connectivity index (χ2v) is 4.73. The second-order valence-electron chi connectivity index (χ2n) is 3.82. The van der Waals surface area contributed by atoms with Gasteiger partial charge in [-0.2, -0.15) is 0 Å². The van der Waals surface area contributed by atoms with Crippen LogP contribution in [0, 0.1) is 15.9 Å². The van der Waals surface area contributed by atoms with Crippen LogP contribution in [0.25, 0.3) is 0 Å². The first-order valence-electron chi connectivity index (χ1n) is 5.27. The van der Waals surface area contributed by atoms with E-state index in [2.05, 4.69) is 15.9 Å². The van der Waals surface area contributed by atoms with E-state index in [1.54, 1.807) is 6.07 Å². The molecule has 0 aliphatic rings. The molecule has 0 amide bonds. The molecule has 1 aromatic heterocycles. The van der Waals surface area contributed by atoms with Gasteiger partial charge in [0.15, 0.2) is 0 Å². The summed E-state index contributed by atoms with van der Waals surface area (Å²) in [6, 6.07) is 6.94. The highest BCUT2D eigenvalue weighted by Crippen LogP contribution is 2.16. The molecule has 0 atom stereocenters. The van der Waals surface area contributed by atoms with Gasteiger partial charge in [0.1, 0.15) is 5.82 Å². The molecule has 7 heteroatoms. The van der Waals surface area contributed by atoms with Crippen LogP contribution >= 0.6 is 15.9 Å². The van der Waals surface area contributed by atoms with Crippen LogP contribution < -0.4 is 5.56 Å². The molecule has 19 heavy (non-hydrogen) atoms. The number of halogens is 2.